The molecule has 2 amide bonds. The second kappa shape index (κ2) is 13.1. The minimum absolute atomic E-state index is 0.113. The van der Waals surface area contributed by atoms with Crippen molar-refractivity contribution in [3.05, 3.63) is 60.2 Å². The molecular formula is C23H29BN4O5S. The van der Waals surface area contributed by atoms with Gasteiger partial charge in [0.2, 0.25) is 5.91 Å². The lowest BCUT2D eigenvalue weighted by Gasteiger charge is -2.28. The molecule has 9 nitrogen and oxygen atoms in total. The first-order chi connectivity index (χ1) is 16.4. The molecule has 1 aliphatic rings. The van der Waals surface area contributed by atoms with Crippen LogP contribution in [0.4, 0.5) is 0 Å². The molecule has 1 unspecified atom stereocenters. The predicted molar refractivity (Wildman–Crippen MR) is 130 cm³/mol. The van der Waals surface area contributed by atoms with Crippen LogP contribution >= 0.6 is 11.8 Å². The van der Waals surface area contributed by atoms with Gasteiger partial charge in [0.1, 0.15) is 11.7 Å². The molecule has 0 aliphatic carbocycles. The zero-order chi connectivity index (χ0) is 24.3. The van der Waals surface area contributed by atoms with E-state index >= 15 is 0 Å². The Morgan fingerprint density at radius 3 is 2.68 bits per heavy atom. The summed E-state index contributed by atoms with van der Waals surface area (Å²) in [5, 5.41) is 5.73. The fourth-order valence-electron chi connectivity index (χ4n) is 3.51. The van der Waals surface area contributed by atoms with Crippen molar-refractivity contribution in [3.8, 4) is 0 Å². The summed E-state index contributed by atoms with van der Waals surface area (Å²) in [6.45, 7) is 4.43. The molecule has 0 spiro atoms. The number of hydrogen-bond donors (Lipinski definition) is 2. The van der Waals surface area contributed by atoms with Gasteiger partial charge < -0.3 is 19.9 Å². The summed E-state index contributed by atoms with van der Waals surface area (Å²) in [4.78, 5) is 46.2. The molecular weight excluding hydrogens is 455 g/mol. The van der Waals surface area contributed by atoms with E-state index in [1.807, 2.05) is 44.2 Å². The van der Waals surface area contributed by atoms with E-state index < -0.39 is 30.9 Å². The zero-order valence-corrected chi connectivity index (χ0v) is 20.1. The van der Waals surface area contributed by atoms with Crippen molar-refractivity contribution in [2.45, 2.75) is 38.7 Å². The predicted octanol–water partition coefficient (Wildman–Crippen LogP) is 1.68. The van der Waals surface area contributed by atoms with E-state index in [9.17, 15) is 14.4 Å². The Balaban J connectivity index is 1.78. The number of rotatable bonds is 9. The van der Waals surface area contributed by atoms with Gasteiger partial charge in [-0.3, -0.25) is 19.4 Å². The molecule has 0 radical (unpaired) electrons. The van der Waals surface area contributed by atoms with Crippen LogP contribution < -0.4 is 10.6 Å². The van der Waals surface area contributed by atoms with Gasteiger partial charge in [-0.25, -0.2) is 4.98 Å². The van der Waals surface area contributed by atoms with Crippen LogP contribution in [0.1, 0.15) is 36.3 Å². The highest BCUT2D eigenvalue weighted by Gasteiger charge is 2.38. The number of carbonyl (C=O) groups is 3. The number of hydrogen-bond acceptors (Lipinski definition) is 8. The molecule has 2 heterocycles. The van der Waals surface area contributed by atoms with E-state index in [2.05, 4.69) is 20.6 Å². The highest BCUT2D eigenvalue weighted by molar-refractivity contribution is 7.99. The van der Waals surface area contributed by atoms with Gasteiger partial charge in [-0.05, 0) is 17.9 Å². The lowest BCUT2D eigenvalue weighted by atomic mass is 9.73. The van der Waals surface area contributed by atoms with Gasteiger partial charge in [0.25, 0.3) is 11.9 Å². The second-order valence-corrected chi connectivity index (χ2v) is 9.44. The lowest BCUT2D eigenvalue weighted by molar-refractivity contribution is -0.133. The summed E-state index contributed by atoms with van der Waals surface area (Å²) in [6.07, 6.45) is 5.03. The highest BCUT2D eigenvalue weighted by atomic mass is 32.2. The highest BCUT2D eigenvalue weighted by Crippen LogP contribution is 2.15. The van der Waals surface area contributed by atoms with Gasteiger partial charge in [-0.2, -0.15) is 0 Å². The summed E-state index contributed by atoms with van der Waals surface area (Å²) in [6, 6.07) is 8.52. The molecule has 0 bridgehead atoms. The third-order valence-electron chi connectivity index (χ3n) is 5.06. The maximum absolute atomic E-state index is 13.4. The SMILES string of the molecule is CC(C)C[C@H](NC(=O)C(Cc1ccccc1)NC(=O)c1cnccn1)B1OCCSCC(=O)O1. The molecule has 3 rings (SSSR count). The molecule has 2 aromatic rings. The topological polar surface area (TPSA) is 120 Å². The van der Waals surface area contributed by atoms with Crippen LogP contribution in [0.2, 0.25) is 0 Å². The van der Waals surface area contributed by atoms with Crippen molar-refractivity contribution in [2.75, 3.05) is 18.1 Å². The van der Waals surface area contributed by atoms with Crippen molar-refractivity contribution in [1.29, 1.82) is 0 Å². The number of benzene rings is 1. The monoisotopic (exact) mass is 484 g/mol. The molecule has 180 valence electrons. The van der Waals surface area contributed by atoms with E-state index in [0.717, 1.165) is 5.56 Å². The first kappa shape index (κ1) is 25.7. The molecule has 2 N–H and O–H groups in total. The van der Waals surface area contributed by atoms with Crippen molar-refractivity contribution in [3.63, 3.8) is 0 Å². The Morgan fingerprint density at radius 2 is 1.97 bits per heavy atom. The van der Waals surface area contributed by atoms with Crippen LogP contribution in [0.15, 0.2) is 48.9 Å². The van der Waals surface area contributed by atoms with Gasteiger partial charge >= 0.3 is 7.12 Å². The summed E-state index contributed by atoms with van der Waals surface area (Å²) < 4.78 is 11.3. The van der Waals surface area contributed by atoms with Crippen LogP contribution in [0.5, 0.6) is 0 Å². The van der Waals surface area contributed by atoms with Crippen LogP contribution in [-0.2, 0) is 25.3 Å². The van der Waals surface area contributed by atoms with Crippen molar-refractivity contribution in [1.82, 2.24) is 20.6 Å². The summed E-state index contributed by atoms with van der Waals surface area (Å²) in [5.74, 6) is -0.737. The molecule has 1 aromatic carbocycles. The minimum atomic E-state index is -0.896. The molecule has 34 heavy (non-hydrogen) atoms. The number of aromatic nitrogens is 2. The van der Waals surface area contributed by atoms with Crippen LogP contribution in [0.3, 0.4) is 0 Å². The number of nitrogens with zero attached hydrogens (tertiary/aromatic N) is 2. The first-order valence-electron chi connectivity index (χ1n) is 11.2. The Kier molecular flexibility index (Phi) is 9.90. The molecule has 1 aliphatic heterocycles. The van der Waals surface area contributed by atoms with Crippen LogP contribution in [0.25, 0.3) is 0 Å². The standard InChI is InChI=1S/C23H29BN4O5S/c1-16(2)12-20(24-32-10-11-34-15-21(29)33-24)28-22(30)18(13-17-6-4-3-5-7-17)27-23(31)19-14-25-8-9-26-19/h3-9,14,16,18,20H,10-13,15H2,1-2H3,(H,27,31)(H,28,30)/t18?,20-/m0/s1. The number of amides is 2. The number of carbonyl (C=O) groups excluding carboxylic acids is 3. The van der Waals surface area contributed by atoms with Gasteiger partial charge in [0, 0.05) is 31.2 Å². The first-order valence-corrected chi connectivity index (χ1v) is 12.4. The van der Waals surface area contributed by atoms with Gasteiger partial charge in [0.15, 0.2) is 0 Å². The molecule has 1 aromatic heterocycles. The molecule has 1 saturated heterocycles. The Hall–Kier alpha value is -2.92. The van der Waals surface area contributed by atoms with E-state index in [1.165, 1.54) is 30.4 Å². The number of thioether (sulfide) groups is 1. The van der Waals surface area contributed by atoms with Crippen LogP contribution in [-0.4, -0.2) is 65.0 Å². The lowest BCUT2D eigenvalue weighted by Crippen LogP contribution is -2.57. The fraction of sp³-hybridized carbons (Fsp3) is 0.435. The van der Waals surface area contributed by atoms with Crippen molar-refractivity contribution < 1.29 is 23.7 Å². The largest absolute Gasteiger partial charge is 0.551 e. The second-order valence-electron chi connectivity index (χ2n) is 8.33. The fourth-order valence-corrected chi connectivity index (χ4v) is 4.10. The maximum atomic E-state index is 13.4. The zero-order valence-electron chi connectivity index (χ0n) is 19.3. The molecule has 0 saturated carbocycles. The van der Waals surface area contributed by atoms with Crippen molar-refractivity contribution in [2.24, 2.45) is 5.92 Å². The maximum Gasteiger partial charge on any atom is 0.551 e. The normalized spacial score (nSPS) is 16.1. The number of nitrogens with one attached hydrogen (secondary N) is 2. The quantitative estimate of drug-likeness (QED) is 0.516. The Labute approximate surface area is 203 Å². The molecule has 2 atom stereocenters. The summed E-state index contributed by atoms with van der Waals surface area (Å²) in [7, 11) is -0.896. The van der Waals surface area contributed by atoms with Crippen LogP contribution in [0, 0.1) is 5.92 Å². The third-order valence-corrected chi connectivity index (χ3v) is 5.95. The summed E-state index contributed by atoms with van der Waals surface area (Å²) in [5.41, 5.74) is 0.995. The third kappa shape index (κ3) is 8.14. The van der Waals surface area contributed by atoms with Gasteiger partial charge in [0.05, 0.1) is 17.9 Å². The average Bonchev–Trinajstić information content (AvgIpc) is 2.81. The van der Waals surface area contributed by atoms with Gasteiger partial charge in [-0.1, -0.05) is 44.2 Å². The van der Waals surface area contributed by atoms with E-state index in [1.54, 1.807) is 0 Å². The Bertz CT molecular complexity index is 951. The van der Waals surface area contributed by atoms with E-state index in [0.29, 0.717) is 18.8 Å². The smallest absolute Gasteiger partial charge is 0.508 e. The van der Waals surface area contributed by atoms with E-state index in [4.69, 9.17) is 9.31 Å². The molecule has 1 fully saturated rings. The average molecular weight is 484 g/mol. The summed E-state index contributed by atoms with van der Waals surface area (Å²) >= 11 is 1.44. The van der Waals surface area contributed by atoms with Crippen molar-refractivity contribution >= 4 is 36.7 Å². The minimum Gasteiger partial charge on any atom is -0.508 e. The Morgan fingerprint density at radius 1 is 1.18 bits per heavy atom. The molecule has 11 heteroatoms. The van der Waals surface area contributed by atoms with Gasteiger partial charge in [-0.15, -0.1) is 11.8 Å². The van der Waals surface area contributed by atoms with E-state index in [-0.39, 0.29) is 29.8 Å².